The lowest BCUT2D eigenvalue weighted by atomic mass is 10.0. The predicted octanol–water partition coefficient (Wildman–Crippen LogP) is 4.20. The zero-order chi connectivity index (χ0) is 9.68. The van der Waals surface area contributed by atoms with E-state index in [1.165, 1.54) is 5.56 Å². The molecule has 13 heavy (non-hydrogen) atoms. The van der Waals surface area contributed by atoms with Gasteiger partial charge in [-0.2, -0.15) is 0 Å². The number of hydrogen-bond donors (Lipinski definition) is 0. The minimum Gasteiger partial charge on any atom is -0.0914 e. The van der Waals surface area contributed by atoms with Crippen LogP contribution in [-0.2, 0) is 6.42 Å². The summed E-state index contributed by atoms with van der Waals surface area (Å²) in [5, 5.41) is 0. The largest absolute Gasteiger partial charge is 0.0914 e. The van der Waals surface area contributed by atoms with E-state index in [1.807, 2.05) is 0 Å². The maximum Gasteiger partial charge on any atom is 0.0177 e. The molecular formula is C12H15Br. The molecule has 0 fully saturated rings. The molecule has 0 spiro atoms. The summed E-state index contributed by atoms with van der Waals surface area (Å²) in [6.07, 6.45) is 5.47. The second-order valence-electron chi connectivity index (χ2n) is 3.34. The third-order valence-corrected chi connectivity index (χ3v) is 2.46. The molecule has 1 aromatic rings. The van der Waals surface area contributed by atoms with Gasteiger partial charge in [-0.05, 0) is 37.0 Å². The molecule has 1 rings (SSSR count). The Bertz CT molecular complexity index is 289. The van der Waals surface area contributed by atoms with Crippen molar-refractivity contribution >= 4 is 15.9 Å². The Morgan fingerprint density at radius 3 is 2.85 bits per heavy atom. The first kappa shape index (κ1) is 10.5. The van der Waals surface area contributed by atoms with Gasteiger partial charge in [0.25, 0.3) is 0 Å². The predicted molar refractivity (Wildman–Crippen MR) is 61.8 cm³/mol. The number of hydrogen-bond acceptors (Lipinski definition) is 0. The summed E-state index contributed by atoms with van der Waals surface area (Å²) in [4.78, 5) is 0. The van der Waals surface area contributed by atoms with Crippen molar-refractivity contribution < 1.29 is 0 Å². The van der Waals surface area contributed by atoms with Crippen molar-refractivity contribution in [2.75, 3.05) is 0 Å². The third-order valence-electron chi connectivity index (χ3n) is 1.97. The van der Waals surface area contributed by atoms with Crippen LogP contribution in [-0.4, -0.2) is 0 Å². The monoisotopic (exact) mass is 238 g/mol. The van der Waals surface area contributed by atoms with E-state index >= 15 is 0 Å². The highest BCUT2D eigenvalue weighted by Gasteiger charge is 1.99. The fourth-order valence-corrected chi connectivity index (χ4v) is 1.88. The van der Waals surface area contributed by atoms with Gasteiger partial charge in [-0.15, -0.1) is 0 Å². The Kier molecular flexibility index (Phi) is 4.23. The fourth-order valence-electron chi connectivity index (χ4n) is 1.43. The van der Waals surface area contributed by atoms with Gasteiger partial charge in [0.15, 0.2) is 0 Å². The average molecular weight is 239 g/mol. The second-order valence-corrected chi connectivity index (χ2v) is 4.25. The SMILES string of the molecule is C/C=C\C(C)Cc1cccc(Br)c1. The lowest BCUT2D eigenvalue weighted by Crippen LogP contribution is -1.95. The molecule has 0 saturated carbocycles. The Labute approximate surface area is 88.8 Å². The summed E-state index contributed by atoms with van der Waals surface area (Å²) in [5.41, 5.74) is 1.39. The summed E-state index contributed by atoms with van der Waals surface area (Å²) in [6.45, 7) is 4.30. The molecule has 0 N–H and O–H groups in total. The van der Waals surface area contributed by atoms with Crippen LogP contribution in [0.2, 0.25) is 0 Å². The normalized spacial score (nSPS) is 13.5. The van der Waals surface area contributed by atoms with Crippen molar-refractivity contribution in [2.24, 2.45) is 5.92 Å². The maximum atomic E-state index is 3.47. The van der Waals surface area contributed by atoms with Crippen LogP contribution in [0, 0.1) is 5.92 Å². The van der Waals surface area contributed by atoms with Gasteiger partial charge >= 0.3 is 0 Å². The van der Waals surface area contributed by atoms with Crippen molar-refractivity contribution in [1.29, 1.82) is 0 Å². The van der Waals surface area contributed by atoms with Crippen LogP contribution in [0.1, 0.15) is 19.4 Å². The molecule has 0 aliphatic carbocycles. The summed E-state index contributed by atoms with van der Waals surface area (Å²) in [6, 6.07) is 8.50. The van der Waals surface area contributed by atoms with Crippen molar-refractivity contribution in [1.82, 2.24) is 0 Å². The molecule has 0 aliphatic heterocycles. The molecule has 0 aliphatic rings. The fraction of sp³-hybridized carbons (Fsp3) is 0.333. The first-order valence-corrected chi connectivity index (χ1v) is 5.39. The van der Waals surface area contributed by atoms with Gasteiger partial charge in [-0.3, -0.25) is 0 Å². The molecule has 0 bridgehead atoms. The highest BCUT2D eigenvalue weighted by molar-refractivity contribution is 9.10. The van der Waals surface area contributed by atoms with E-state index in [0.717, 1.165) is 10.9 Å². The Morgan fingerprint density at radius 1 is 1.46 bits per heavy atom. The minimum atomic E-state index is 0.624. The molecule has 0 amide bonds. The first-order chi connectivity index (χ1) is 6.22. The molecule has 1 unspecified atom stereocenters. The van der Waals surface area contributed by atoms with Gasteiger partial charge in [-0.25, -0.2) is 0 Å². The first-order valence-electron chi connectivity index (χ1n) is 4.59. The minimum absolute atomic E-state index is 0.624. The van der Waals surface area contributed by atoms with Crippen molar-refractivity contribution in [3.05, 3.63) is 46.5 Å². The Hall–Kier alpha value is -0.560. The standard InChI is InChI=1S/C12H15Br/c1-3-5-10(2)8-11-6-4-7-12(13)9-11/h3-7,9-10H,8H2,1-2H3/b5-3-. The van der Waals surface area contributed by atoms with E-state index in [2.05, 4.69) is 66.2 Å². The Morgan fingerprint density at radius 2 is 2.23 bits per heavy atom. The maximum absolute atomic E-state index is 3.47. The molecule has 0 radical (unpaired) electrons. The number of allylic oxidation sites excluding steroid dienone is 2. The number of rotatable bonds is 3. The van der Waals surface area contributed by atoms with Crippen LogP contribution < -0.4 is 0 Å². The van der Waals surface area contributed by atoms with Crippen molar-refractivity contribution in [3.63, 3.8) is 0 Å². The molecule has 0 aromatic heterocycles. The smallest absolute Gasteiger partial charge is 0.0177 e. The van der Waals surface area contributed by atoms with Gasteiger partial charge in [0.2, 0.25) is 0 Å². The Balaban J connectivity index is 2.63. The highest BCUT2D eigenvalue weighted by Crippen LogP contribution is 2.15. The molecule has 70 valence electrons. The zero-order valence-corrected chi connectivity index (χ0v) is 9.71. The summed E-state index contributed by atoms with van der Waals surface area (Å²) < 4.78 is 1.16. The van der Waals surface area contributed by atoms with Crippen molar-refractivity contribution in [2.45, 2.75) is 20.3 Å². The van der Waals surface area contributed by atoms with E-state index < -0.39 is 0 Å². The second kappa shape index (κ2) is 5.23. The van der Waals surface area contributed by atoms with Crippen LogP contribution in [0.4, 0.5) is 0 Å². The molecular weight excluding hydrogens is 224 g/mol. The van der Waals surface area contributed by atoms with Crippen LogP contribution >= 0.6 is 15.9 Å². The lowest BCUT2D eigenvalue weighted by molar-refractivity contribution is 0.722. The lowest BCUT2D eigenvalue weighted by Gasteiger charge is -2.06. The molecule has 1 heteroatoms. The molecule has 0 heterocycles. The topological polar surface area (TPSA) is 0 Å². The zero-order valence-electron chi connectivity index (χ0n) is 8.13. The van der Waals surface area contributed by atoms with Crippen LogP contribution in [0.3, 0.4) is 0 Å². The van der Waals surface area contributed by atoms with Crippen LogP contribution in [0.5, 0.6) is 0 Å². The number of benzene rings is 1. The van der Waals surface area contributed by atoms with Gasteiger partial charge in [-0.1, -0.05) is 47.1 Å². The summed E-state index contributed by atoms with van der Waals surface area (Å²) >= 11 is 3.47. The van der Waals surface area contributed by atoms with Crippen LogP contribution in [0.15, 0.2) is 40.9 Å². The molecule has 1 atom stereocenters. The summed E-state index contributed by atoms with van der Waals surface area (Å²) in [5.74, 6) is 0.624. The number of halogens is 1. The van der Waals surface area contributed by atoms with Gasteiger partial charge in [0.05, 0.1) is 0 Å². The third kappa shape index (κ3) is 3.77. The van der Waals surface area contributed by atoms with Crippen molar-refractivity contribution in [3.8, 4) is 0 Å². The quantitative estimate of drug-likeness (QED) is 0.693. The van der Waals surface area contributed by atoms with Crippen LogP contribution in [0.25, 0.3) is 0 Å². The molecule has 0 nitrogen and oxygen atoms in total. The van der Waals surface area contributed by atoms with E-state index in [0.29, 0.717) is 5.92 Å². The van der Waals surface area contributed by atoms with E-state index in [-0.39, 0.29) is 0 Å². The van der Waals surface area contributed by atoms with E-state index in [1.54, 1.807) is 0 Å². The summed E-state index contributed by atoms with van der Waals surface area (Å²) in [7, 11) is 0. The van der Waals surface area contributed by atoms with E-state index in [4.69, 9.17) is 0 Å². The van der Waals surface area contributed by atoms with Gasteiger partial charge < -0.3 is 0 Å². The van der Waals surface area contributed by atoms with E-state index in [9.17, 15) is 0 Å². The molecule has 1 aromatic carbocycles. The average Bonchev–Trinajstić information content (AvgIpc) is 2.04. The highest BCUT2D eigenvalue weighted by atomic mass is 79.9. The molecule has 0 saturated heterocycles. The van der Waals surface area contributed by atoms with Gasteiger partial charge in [0, 0.05) is 4.47 Å². The van der Waals surface area contributed by atoms with Gasteiger partial charge in [0.1, 0.15) is 0 Å².